The van der Waals surface area contributed by atoms with Crippen LogP contribution in [-0.4, -0.2) is 44.6 Å². The topological polar surface area (TPSA) is 41.6 Å². The second kappa shape index (κ2) is 8.03. The number of rotatable bonds is 6. The summed E-state index contributed by atoms with van der Waals surface area (Å²) in [6.45, 7) is 2.83. The third-order valence-electron chi connectivity index (χ3n) is 4.15. The number of ether oxygens (including phenoxy) is 1. The van der Waals surface area contributed by atoms with Crippen molar-refractivity contribution in [3.05, 3.63) is 29.8 Å². The van der Waals surface area contributed by atoms with E-state index < -0.39 is 0 Å². The van der Waals surface area contributed by atoms with E-state index in [1.807, 2.05) is 36.2 Å². The van der Waals surface area contributed by atoms with Crippen LogP contribution in [0.4, 0.5) is 0 Å². The number of hydrogen-bond donors (Lipinski definition) is 1. The van der Waals surface area contributed by atoms with E-state index in [1.165, 1.54) is 12.0 Å². The molecule has 116 valence electrons. The minimum Gasteiger partial charge on any atom is -0.497 e. The number of methoxy groups -OCH3 is 1. The monoisotopic (exact) mass is 290 g/mol. The predicted molar refractivity (Wildman–Crippen MR) is 84.5 cm³/mol. The summed E-state index contributed by atoms with van der Waals surface area (Å²) in [4.78, 5) is 14.4. The van der Waals surface area contributed by atoms with Gasteiger partial charge in [-0.1, -0.05) is 12.1 Å². The lowest BCUT2D eigenvalue weighted by atomic mass is 9.97. The summed E-state index contributed by atoms with van der Waals surface area (Å²) in [5.41, 5.74) is 1.19. The van der Waals surface area contributed by atoms with Crippen molar-refractivity contribution < 1.29 is 9.53 Å². The van der Waals surface area contributed by atoms with Crippen molar-refractivity contribution in [3.63, 3.8) is 0 Å². The summed E-state index contributed by atoms with van der Waals surface area (Å²) < 4.78 is 5.14. The minimum absolute atomic E-state index is 0.284. The molecule has 4 nitrogen and oxygen atoms in total. The minimum atomic E-state index is 0.284. The zero-order chi connectivity index (χ0) is 15.1. The van der Waals surface area contributed by atoms with Gasteiger partial charge in [-0.2, -0.15) is 0 Å². The van der Waals surface area contributed by atoms with Gasteiger partial charge in [0.05, 0.1) is 7.11 Å². The van der Waals surface area contributed by atoms with Gasteiger partial charge in [0.25, 0.3) is 0 Å². The summed E-state index contributed by atoms with van der Waals surface area (Å²) in [5.74, 6) is 1.75. The quantitative estimate of drug-likeness (QED) is 0.872. The highest BCUT2D eigenvalue weighted by Crippen LogP contribution is 2.18. The highest BCUT2D eigenvalue weighted by Gasteiger charge is 2.22. The van der Waals surface area contributed by atoms with E-state index in [2.05, 4.69) is 5.32 Å². The van der Waals surface area contributed by atoms with E-state index in [1.54, 1.807) is 7.11 Å². The Morgan fingerprint density at radius 2 is 2.14 bits per heavy atom. The lowest BCUT2D eigenvalue weighted by Gasteiger charge is -2.32. The van der Waals surface area contributed by atoms with Crippen molar-refractivity contribution >= 4 is 5.91 Å². The summed E-state index contributed by atoms with van der Waals surface area (Å²) in [5, 5.41) is 3.22. The molecule has 1 aliphatic heterocycles. The van der Waals surface area contributed by atoms with Crippen molar-refractivity contribution in [1.29, 1.82) is 0 Å². The Hall–Kier alpha value is -1.55. The smallest absolute Gasteiger partial charge is 0.222 e. The first-order chi connectivity index (χ1) is 10.2. The SMILES string of the molecule is CNCC1CCCN(C(=O)CCc2ccc(OC)cc2)C1. The Bertz CT molecular complexity index is 443. The standard InChI is InChI=1S/C17H26N2O2/c1-18-12-15-4-3-11-19(13-15)17(20)10-7-14-5-8-16(21-2)9-6-14/h5-6,8-9,15,18H,3-4,7,10-13H2,1-2H3. The Morgan fingerprint density at radius 1 is 1.38 bits per heavy atom. The molecule has 1 unspecified atom stereocenters. The molecule has 0 aromatic heterocycles. The first kappa shape index (κ1) is 15.8. The first-order valence-electron chi connectivity index (χ1n) is 7.78. The van der Waals surface area contributed by atoms with Gasteiger partial charge in [0.2, 0.25) is 5.91 Å². The van der Waals surface area contributed by atoms with Gasteiger partial charge in [0, 0.05) is 19.5 Å². The van der Waals surface area contributed by atoms with Gasteiger partial charge in [-0.15, -0.1) is 0 Å². The normalized spacial score (nSPS) is 18.6. The number of aryl methyl sites for hydroxylation is 1. The highest BCUT2D eigenvalue weighted by molar-refractivity contribution is 5.76. The molecule has 1 aliphatic rings. The molecule has 0 radical (unpaired) electrons. The van der Waals surface area contributed by atoms with E-state index in [0.29, 0.717) is 12.3 Å². The van der Waals surface area contributed by atoms with Crippen LogP contribution < -0.4 is 10.1 Å². The predicted octanol–water partition coefficient (Wildman–Crippen LogP) is 2.09. The molecule has 1 amide bonds. The second-order valence-corrected chi connectivity index (χ2v) is 5.75. The Labute approximate surface area is 127 Å². The molecular weight excluding hydrogens is 264 g/mol. The lowest BCUT2D eigenvalue weighted by molar-refractivity contribution is -0.132. The third-order valence-corrected chi connectivity index (χ3v) is 4.15. The van der Waals surface area contributed by atoms with E-state index in [4.69, 9.17) is 4.74 Å². The van der Waals surface area contributed by atoms with Crippen LogP contribution in [0, 0.1) is 5.92 Å². The zero-order valence-corrected chi connectivity index (χ0v) is 13.1. The van der Waals surface area contributed by atoms with Gasteiger partial charge in [0.1, 0.15) is 5.75 Å². The molecule has 1 heterocycles. The molecule has 21 heavy (non-hydrogen) atoms. The molecule has 4 heteroatoms. The molecule has 0 aliphatic carbocycles. The summed E-state index contributed by atoms with van der Waals surface area (Å²) in [6.07, 6.45) is 3.75. The van der Waals surface area contributed by atoms with Crippen molar-refractivity contribution in [3.8, 4) is 5.75 Å². The van der Waals surface area contributed by atoms with Crippen molar-refractivity contribution in [2.24, 2.45) is 5.92 Å². The number of likely N-dealkylation sites (tertiary alicyclic amines) is 1. The third kappa shape index (κ3) is 4.74. The van der Waals surface area contributed by atoms with Crippen LogP contribution in [0.5, 0.6) is 5.75 Å². The number of piperidine rings is 1. The summed E-state index contributed by atoms with van der Waals surface area (Å²) >= 11 is 0. The van der Waals surface area contributed by atoms with Crippen LogP contribution in [-0.2, 0) is 11.2 Å². The summed E-state index contributed by atoms with van der Waals surface area (Å²) in [7, 11) is 3.64. The number of amides is 1. The second-order valence-electron chi connectivity index (χ2n) is 5.75. The number of nitrogens with zero attached hydrogens (tertiary/aromatic N) is 1. The molecule has 1 fully saturated rings. The molecule has 1 atom stereocenters. The van der Waals surface area contributed by atoms with E-state index in [0.717, 1.165) is 38.2 Å². The van der Waals surface area contributed by atoms with Crippen LogP contribution in [0.15, 0.2) is 24.3 Å². The van der Waals surface area contributed by atoms with Crippen LogP contribution in [0.3, 0.4) is 0 Å². The van der Waals surface area contributed by atoms with Crippen molar-refractivity contribution in [1.82, 2.24) is 10.2 Å². The maximum atomic E-state index is 12.3. The lowest BCUT2D eigenvalue weighted by Crippen LogP contribution is -2.42. The Balaban J connectivity index is 1.80. The van der Waals surface area contributed by atoms with Crippen LogP contribution in [0.2, 0.25) is 0 Å². The molecular formula is C17H26N2O2. The number of hydrogen-bond acceptors (Lipinski definition) is 3. The highest BCUT2D eigenvalue weighted by atomic mass is 16.5. The van der Waals surface area contributed by atoms with Gasteiger partial charge in [-0.25, -0.2) is 0 Å². The Morgan fingerprint density at radius 3 is 2.81 bits per heavy atom. The fourth-order valence-corrected chi connectivity index (χ4v) is 2.95. The van der Waals surface area contributed by atoms with Gasteiger partial charge in [-0.05, 0) is 56.5 Å². The molecule has 0 saturated carbocycles. The van der Waals surface area contributed by atoms with Crippen molar-refractivity contribution in [2.45, 2.75) is 25.7 Å². The fourth-order valence-electron chi connectivity index (χ4n) is 2.95. The number of benzene rings is 1. The van der Waals surface area contributed by atoms with Crippen LogP contribution in [0.25, 0.3) is 0 Å². The van der Waals surface area contributed by atoms with E-state index >= 15 is 0 Å². The van der Waals surface area contributed by atoms with E-state index in [9.17, 15) is 4.79 Å². The largest absolute Gasteiger partial charge is 0.497 e. The number of nitrogens with one attached hydrogen (secondary N) is 1. The van der Waals surface area contributed by atoms with Crippen LogP contribution in [0.1, 0.15) is 24.8 Å². The van der Waals surface area contributed by atoms with E-state index in [-0.39, 0.29) is 5.91 Å². The van der Waals surface area contributed by atoms with Gasteiger partial charge in [-0.3, -0.25) is 4.79 Å². The maximum absolute atomic E-state index is 12.3. The fraction of sp³-hybridized carbons (Fsp3) is 0.588. The molecule has 1 aromatic carbocycles. The average Bonchev–Trinajstić information content (AvgIpc) is 2.53. The molecule has 0 bridgehead atoms. The zero-order valence-electron chi connectivity index (χ0n) is 13.1. The number of carbonyl (C=O) groups excluding carboxylic acids is 1. The molecule has 1 N–H and O–H groups in total. The Kier molecular flexibility index (Phi) is 6.05. The molecule has 2 rings (SSSR count). The molecule has 1 saturated heterocycles. The molecule has 1 aromatic rings. The average molecular weight is 290 g/mol. The summed E-state index contributed by atoms with van der Waals surface area (Å²) in [6, 6.07) is 7.96. The maximum Gasteiger partial charge on any atom is 0.222 e. The van der Waals surface area contributed by atoms with Crippen molar-refractivity contribution in [2.75, 3.05) is 33.8 Å². The molecule has 0 spiro atoms. The van der Waals surface area contributed by atoms with Gasteiger partial charge >= 0.3 is 0 Å². The number of carbonyl (C=O) groups is 1. The first-order valence-corrected chi connectivity index (χ1v) is 7.78. The van der Waals surface area contributed by atoms with Gasteiger partial charge < -0.3 is 15.0 Å². The van der Waals surface area contributed by atoms with Crippen LogP contribution >= 0.6 is 0 Å². The van der Waals surface area contributed by atoms with Gasteiger partial charge in [0.15, 0.2) is 0 Å².